The van der Waals surface area contributed by atoms with Crippen LogP contribution in [-0.2, 0) is 6.54 Å². The minimum atomic E-state index is 0.575. The van der Waals surface area contributed by atoms with E-state index in [4.69, 9.17) is 0 Å². The van der Waals surface area contributed by atoms with Crippen molar-refractivity contribution in [3.63, 3.8) is 0 Å². The van der Waals surface area contributed by atoms with Crippen LogP contribution >= 0.6 is 11.8 Å². The second-order valence-electron chi connectivity index (χ2n) is 4.29. The molecule has 1 atom stereocenters. The molecule has 1 aromatic carbocycles. The fraction of sp³-hybridized carbons (Fsp3) is 0.538. The first-order valence-electron chi connectivity index (χ1n) is 5.63. The standard InChI is InChI=1S/C13H22N2S/c1-11(15(2)3)9-14-10-12-5-7-13(16-4)8-6-12/h5-8,11,14H,9-10H2,1-4H3. The SMILES string of the molecule is CSc1ccc(CNCC(C)N(C)C)cc1. The zero-order valence-electron chi connectivity index (χ0n) is 10.7. The summed E-state index contributed by atoms with van der Waals surface area (Å²) in [5, 5.41) is 3.47. The molecule has 1 rings (SSSR count). The van der Waals surface area contributed by atoms with Gasteiger partial charge in [0.2, 0.25) is 0 Å². The summed E-state index contributed by atoms with van der Waals surface area (Å²) in [6.07, 6.45) is 2.10. The first kappa shape index (κ1) is 13.6. The Labute approximate surface area is 103 Å². The zero-order valence-corrected chi connectivity index (χ0v) is 11.5. The van der Waals surface area contributed by atoms with Gasteiger partial charge in [-0.25, -0.2) is 0 Å². The topological polar surface area (TPSA) is 15.3 Å². The van der Waals surface area contributed by atoms with E-state index < -0.39 is 0 Å². The summed E-state index contributed by atoms with van der Waals surface area (Å²) < 4.78 is 0. The molecule has 2 nitrogen and oxygen atoms in total. The molecule has 0 saturated heterocycles. The smallest absolute Gasteiger partial charge is 0.0206 e. The van der Waals surface area contributed by atoms with Crippen molar-refractivity contribution in [3.05, 3.63) is 29.8 Å². The lowest BCUT2D eigenvalue weighted by Gasteiger charge is -2.20. The minimum absolute atomic E-state index is 0.575. The normalized spacial score (nSPS) is 13.1. The van der Waals surface area contributed by atoms with E-state index in [-0.39, 0.29) is 0 Å². The molecule has 0 aromatic heterocycles. The lowest BCUT2D eigenvalue weighted by Crippen LogP contribution is -2.35. The van der Waals surface area contributed by atoms with Crippen molar-refractivity contribution in [3.8, 4) is 0 Å². The Morgan fingerprint density at radius 2 is 1.88 bits per heavy atom. The molecule has 0 heterocycles. The molecular formula is C13H22N2S. The third-order valence-corrected chi connectivity index (χ3v) is 3.55. The molecule has 0 fully saturated rings. The van der Waals surface area contributed by atoms with Crippen LogP contribution < -0.4 is 5.32 Å². The number of hydrogen-bond acceptors (Lipinski definition) is 3. The number of nitrogens with zero attached hydrogens (tertiary/aromatic N) is 1. The molecule has 0 aliphatic rings. The van der Waals surface area contributed by atoms with Gasteiger partial charge in [0.15, 0.2) is 0 Å². The molecule has 16 heavy (non-hydrogen) atoms. The summed E-state index contributed by atoms with van der Waals surface area (Å²) in [5.41, 5.74) is 1.35. The average Bonchev–Trinajstić information content (AvgIpc) is 2.29. The van der Waals surface area contributed by atoms with Gasteiger partial charge >= 0.3 is 0 Å². The van der Waals surface area contributed by atoms with Gasteiger partial charge in [-0.1, -0.05) is 12.1 Å². The van der Waals surface area contributed by atoms with Crippen molar-refractivity contribution in [1.82, 2.24) is 10.2 Å². The molecule has 0 aliphatic carbocycles. The number of benzene rings is 1. The highest BCUT2D eigenvalue weighted by Gasteiger charge is 2.02. The van der Waals surface area contributed by atoms with E-state index in [0.29, 0.717) is 6.04 Å². The highest BCUT2D eigenvalue weighted by molar-refractivity contribution is 7.98. The van der Waals surface area contributed by atoms with Crippen molar-refractivity contribution in [2.75, 3.05) is 26.9 Å². The lowest BCUT2D eigenvalue weighted by molar-refractivity contribution is 0.302. The second kappa shape index (κ2) is 6.94. The Hall–Kier alpha value is -0.510. The first-order chi connectivity index (χ1) is 7.63. The lowest BCUT2D eigenvalue weighted by atomic mass is 10.2. The summed E-state index contributed by atoms with van der Waals surface area (Å²) in [6, 6.07) is 9.32. The molecule has 0 spiro atoms. The fourth-order valence-electron chi connectivity index (χ4n) is 1.35. The van der Waals surface area contributed by atoms with Crippen molar-refractivity contribution < 1.29 is 0 Å². The molecule has 1 unspecified atom stereocenters. The Morgan fingerprint density at radius 1 is 1.25 bits per heavy atom. The maximum atomic E-state index is 3.47. The Bertz CT molecular complexity index is 295. The Kier molecular flexibility index (Phi) is 5.88. The minimum Gasteiger partial charge on any atom is -0.311 e. The third-order valence-electron chi connectivity index (χ3n) is 2.81. The largest absolute Gasteiger partial charge is 0.311 e. The van der Waals surface area contributed by atoms with Crippen LogP contribution in [0.25, 0.3) is 0 Å². The van der Waals surface area contributed by atoms with Gasteiger partial charge in [0.25, 0.3) is 0 Å². The molecule has 1 N–H and O–H groups in total. The molecule has 0 aliphatic heterocycles. The van der Waals surface area contributed by atoms with Crippen LogP contribution in [0.1, 0.15) is 12.5 Å². The van der Waals surface area contributed by atoms with Crippen molar-refractivity contribution in [2.45, 2.75) is 24.4 Å². The molecule has 1 aromatic rings. The summed E-state index contributed by atoms with van der Waals surface area (Å²) in [5.74, 6) is 0. The van der Waals surface area contributed by atoms with Crippen LogP contribution in [0.2, 0.25) is 0 Å². The van der Waals surface area contributed by atoms with E-state index in [2.05, 4.69) is 61.8 Å². The molecular weight excluding hydrogens is 216 g/mol. The molecule has 0 amide bonds. The van der Waals surface area contributed by atoms with Crippen molar-refractivity contribution >= 4 is 11.8 Å². The summed E-state index contributed by atoms with van der Waals surface area (Å²) in [4.78, 5) is 3.55. The van der Waals surface area contributed by atoms with Crippen LogP contribution in [0.5, 0.6) is 0 Å². The molecule has 0 saturated carbocycles. The van der Waals surface area contributed by atoms with E-state index >= 15 is 0 Å². The molecule has 0 radical (unpaired) electrons. The van der Waals surface area contributed by atoms with Gasteiger partial charge in [-0.15, -0.1) is 11.8 Å². The van der Waals surface area contributed by atoms with Gasteiger partial charge in [0.05, 0.1) is 0 Å². The van der Waals surface area contributed by atoms with Crippen molar-refractivity contribution in [2.24, 2.45) is 0 Å². The van der Waals surface area contributed by atoms with Crippen LogP contribution in [0, 0.1) is 0 Å². The summed E-state index contributed by atoms with van der Waals surface area (Å²) >= 11 is 1.78. The van der Waals surface area contributed by atoms with Crippen molar-refractivity contribution in [1.29, 1.82) is 0 Å². The maximum absolute atomic E-state index is 3.47. The van der Waals surface area contributed by atoms with Crippen LogP contribution in [0.15, 0.2) is 29.2 Å². The number of hydrogen-bond donors (Lipinski definition) is 1. The quantitative estimate of drug-likeness (QED) is 0.766. The highest BCUT2D eigenvalue weighted by Crippen LogP contribution is 2.14. The number of nitrogens with one attached hydrogen (secondary N) is 1. The van der Waals surface area contributed by atoms with Gasteiger partial charge in [-0.2, -0.15) is 0 Å². The zero-order chi connectivity index (χ0) is 12.0. The van der Waals surface area contributed by atoms with E-state index in [1.807, 2.05) is 0 Å². The van der Waals surface area contributed by atoms with Gasteiger partial charge in [-0.3, -0.25) is 0 Å². The first-order valence-corrected chi connectivity index (χ1v) is 6.86. The monoisotopic (exact) mass is 238 g/mol. The van der Waals surface area contributed by atoms with E-state index in [0.717, 1.165) is 13.1 Å². The van der Waals surface area contributed by atoms with Crippen LogP contribution in [0.3, 0.4) is 0 Å². The van der Waals surface area contributed by atoms with Gasteiger partial charge in [0.1, 0.15) is 0 Å². The third kappa shape index (κ3) is 4.56. The maximum Gasteiger partial charge on any atom is 0.0206 e. The molecule has 90 valence electrons. The van der Waals surface area contributed by atoms with Crippen LogP contribution in [-0.4, -0.2) is 37.8 Å². The summed E-state index contributed by atoms with van der Waals surface area (Å²) in [6.45, 7) is 4.20. The molecule has 0 bridgehead atoms. The van der Waals surface area contributed by atoms with Crippen LogP contribution in [0.4, 0.5) is 0 Å². The van der Waals surface area contributed by atoms with Gasteiger partial charge in [0, 0.05) is 24.0 Å². The van der Waals surface area contributed by atoms with E-state index in [9.17, 15) is 0 Å². The van der Waals surface area contributed by atoms with Gasteiger partial charge in [-0.05, 0) is 45.0 Å². The fourth-order valence-corrected chi connectivity index (χ4v) is 1.76. The second-order valence-corrected chi connectivity index (χ2v) is 5.17. The Morgan fingerprint density at radius 3 is 2.38 bits per heavy atom. The van der Waals surface area contributed by atoms with E-state index in [1.54, 1.807) is 11.8 Å². The summed E-state index contributed by atoms with van der Waals surface area (Å²) in [7, 11) is 4.22. The van der Waals surface area contributed by atoms with E-state index in [1.165, 1.54) is 10.5 Å². The predicted molar refractivity (Wildman–Crippen MR) is 73.1 cm³/mol. The number of thioether (sulfide) groups is 1. The predicted octanol–water partition coefficient (Wildman–Crippen LogP) is 2.45. The Balaban J connectivity index is 2.31. The average molecular weight is 238 g/mol. The van der Waals surface area contributed by atoms with Gasteiger partial charge < -0.3 is 10.2 Å². The highest BCUT2D eigenvalue weighted by atomic mass is 32.2. The molecule has 3 heteroatoms. The number of rotatable bonds is 6. The number of likely N-dealkylation sites (N-methyl/N-ethyl adjacent to an activating group) is 1.